The van der Waals surface area contributed by atoms with Gasteiger partial charge in [-0.25, -0.2) is 0 Å². The van der Waals surface area contributed by atoms with E-state index < -0.39 is 17.7 Å². The van der Waals surface area contributed by atoms with E-state index in [4.69, 9.17) is 9.47 Å². The zero-order valence-electron chi connectivity index (χ0n) is 19.7. The molecule has 1 unspecified atom stereocenters. The standard InChI is InChI=1S/C26H32N2O5/c1-5-6-16-33-21-9-7-8-19(17-21)24(29)22-23(18-10-12-20(32-4)13-11-18)28(15-14-27(2)3)26(31)25(22)30/h7-13,17,23,29H,5-6,14-16H2,1-4H3. The molecule has 1 atom stereocenters. The first-order valence-corrected chi connectivity index (χ1v) is 11.2. The van der Waals surface area contributed by atoms with Crippen molar-refractivity contribution in [2.24, 2.45) is 0 Å². The number of carbonyl (C=O) groups excluding carboxylic acids is 2. The van der Waals surface area contributed by atoms with Gasteiger partial charge >= 0.3 is 0 Å². The van der Waals surface area contributed by atoms with Crippen LogP contribution in [0, 0.1) is 0 Å². The molecule has 176 valence electrons. The zero-order valence-corrected chi connectivity index (χ0v) is 19.7. The summed E-state index contributed by atoms with van der Waals surface area (Å²) < 4.78 is 11.0. The average molecular weight is 453 g/mol. The van der Waals surface area contributed by atoms with Crippen LogP contribution in [0.4, 0.5) is 0 Å². The highest BCUT2D eigenvalue weighted by Crippen LogP contribution is 2.40. The minimum atomic E-state index is -0.694. The average Bonchev–Trinajstić information content (AvgIpc) is 3.07. The minimum Gasteiger partial charge on any atom is -0.507 e. The number of carbonyl (C=O) groups is 2. The van der Waals surface area contributed by atoms with Gasteiger partial charge in [0.15, 0.2) is 0 Å². The molecule has 1 saturated heterocycles. The summed E-state index contributed by atoms with van der Waals surface area (Å²) in [5.41, 5.74) is 1.24. The third-order valence-electron chi connectivity index (χ3n) is 5.63. The van der Waals surface area contributed by atoms with Crippen LogP contribution in [-0.2, 0) is 9.59 Å². The van der Waals surface area contributed by atoms with Crippen LogP contribution >= 0.6 is 0 Å². The highest BCUT2D eigenvalue weighted by molar-refractivity contribution is 6.46. The van der Waals surface area contributed by atoms with Crippen molar-refractivity contribution < 1.29 is 24.2 Å². The molecule has 1 N–H and O–H groups in total. The number of likely N-dealkylation sites (N-methyl/N-ethyl adjacent to an activating group) is 1. The molecule has 7 nitrogen and oxygen atoms in total. The second kappa shape index (κ2) is 11.0. The van der Waals surface area contributed by atoms with Crippen LogP contribution in [0.25, 0.3) is 5.76 Å². The zero-order chi connectivity index (χ0) is 24.0. The molecule has 0 spiro atoms. The van der Waals surface area contributed by atoms with Crippen molar-refractivity contribution in [3.05, 3.63) is 65.2 Å². The second-order valence-electron chi connectivity index (χ2n) is 8.30. The van der Waals surface area contributed by atoms with E-state index in [0.717, 1.165) is 18.4 Å². The van der Waals surface area contributed by atoms with Crippen LogP contribution in [-0.4, -0.2) is 67.5 Å². The molecule has 2 aromatic rings. The van der Waals surface area contributed by atoms with Crippen LogP contribution in [0.15, 0.2) is 54.1 Å². The van der Waals surface area contributed by atoms with Gasteiger partial charge in [-0.2, -0.15) is 0 Å². The molecule has 0 radical (unpaired) electrons. The Morgan fingerprint density at radius 3 is 2.45 bits per heavy atom. The predicted molar refractivity (Wildman–Crippen MR) is 127 cm³/mol. The lowest BCUT2D eigenvalue weighted by Crippen LogP contribution is -2.35. The molecule has 1 aliphatic heterocycles. The number of nitrogens with zero attached hydrogens (tertiary/aromatic N) is 2. The van der Waals surface area contributed by atoms with Crippen LogP contribution < -0.4 is 9.47 Å². The molecule has 1 aliphatic rings. The van der Waals surface area contributed by atoms with E-state index >= 15 is 0 Å². The number of benzene rings is 2. The molecular weight excluding hydrogens is 420 g/mol. The third kappa shape index (κ3) is 5.54. The summed E-state index contributed by atoms with van der Waals surface area (Å²) in [5.74, 6) is -0.238. The van der Waals surface area contributed by atoms with Crippen LogP contribution in [0.5, 0.6) is 11.5 Å². The quantitative estimate of drug-likeness (QED) is 0.255. The first-order chi connectivity index (χ1) is 15.9. The second-order valence-corrected chi connectivity index (χ2v) is 8.30. The number of rotatable bonds is 10. The first-order valence-electron chi connectivity index (χ1n) is 11.2. The fourth-order valence-corrected chi connectivity index (χ4v) is 3.77. The summed E-state index contributed by atoms with van der Waals surface area (Å²) in [6.07, 6.45) is 1.93. The number of hydrogen-bond donors (Lipinski definition) is 1. The smallest absolute Gasteiger partial charge is 0.295 e. The van der Waals surface area contributed by atoms with E-state index in [1.54, 1.807) is 37.4 Å². The lowest BCUT2D eigenvalue weighted by Gasteiger charge is -2.26. The van der Waals surface area contributed by atoms with E-state index in [1.165, 1.54) is 4.90 Å². The number of amides is 1. The number of aliphatic hydroxyl groups is 1. The van der Waals surface area contributed by atoms with Gasteiger partial charge in [0.25, 0.3) is 11.7 Å². The molecule has 1 heterocycles. The van der Waals surface area contributed by atoms with Gasteiger partial charge in [-0.3, -0.25) is 9.59 Å². The molecular formula is C26H32N2O5. The highest BCUT2D eigenvalue weighted by Gasteiger charge is 2.45. The minimum absolute atomic E-state index is 0.0784. The molecule has 0 bridgehead atoms. The molecule has 33 heavy (non-hydrogen) atoms. The summed E-state index contributed by atoms with van der Waals surface area (Å²) in [6, 6.07) is 13.5. The molecule has 7 heteroatoms. The van der Waals surface area contributed by atoms with Gasteiger partial charge in [-0.05, 0) is 50.3 Å². The summed E-state index contributed by atoms with van der Waals surface area (Å²) >= 11 is 0. The molecule has 0 saturated carbocycles. The number of Topliss-reactive ketones (excluding diaryl/α,β-unsaturated/α-hetero) is 1. The summed E-state index contributed by atoms with van der Waals surface area (Å²) in [4.78, 5) is 29.5. The number of unbranched alkanes of at least 4 members (excludes halogenated alkanes) is 1. The van der Waals surface area contributed by atoms with Crippen LogP contribution in [0.1, 0.15) is 36.9 Å². The molecule has 1 fully saturated rings. The van der Waals surface area contributed by atoms with E-state index in [2.05, 4.69) is 6.92 Å². The number of ketones is 1. The van der Waals surface area contributed by atoms with Crippen LogP contribution in [0.3, 0.4) is 0 Å². The van der Waals surface area contributed by atoms with E-state index in [1.807, 2.05) is 37.2 Å². The van der Waals surface area contributed by atoms with Crippen LogP contribution in [0.2, 0.25) is 0 Å². The molecule has 0 aromatic heterocycles. The van der Waals surface area contributed by atoms with Gasteiger partial charge < -0.3 is 24.4 Å². The largest absolute Gasteiger partial charge is 0.507 e. The SMILES string of the molecule is CCCCOc1cccc(C(O)=C2C(=O)C(=O)N(CCN(C)C)C2c2ccc(OC)cc2)c1. The van der Waals surface area contributed by atoms with E-state index in [-0.39, 0.29) is 11.3 Å². The van der Waals surface area contributed by atoms with Crippen molar-refractivity contribution in [2.75, 3.05) is 40.9 Å². The Balaban J connectivity index is 2.05. The topological polar surface area (TPSA) is 79.3 Å². The summed E-state index contributed by atoms with van der Waals surface area (Å²) in [7, 11) is 5.39. The predicted octanol–water partition coefficient (Wildman–Crippen LogP) is 3.86. The maximum atomic E-state index is 13.1. The van der Waals surface area contributed by atoms with Crippen molar-refractivity contribution in [1.29, 1.82) is 0 Å². The van der Waals surface area contributed by atoms with Crippen molar-refractivity contribution >= 4 is 17.4 Å². The molecule has 3 rings (SSSR count). The number of aliphatic hydroxyl groups excluding tert-OH is 1. The van der Waals surface area contributed by atoms with E-state index in [0.29, 0.717) is 36.8 Å². The van der Waals surface area contributed by atoms with Crippen molar-refractivity contribution in [1.82, 2.24) is 9.80 Å². The fourth-order valence-electron chi connectivity index (χ4n) is 3.77. The number of ether oxygens (including phenoxy) is 2. The number of likely N-dealkylation sites (tertiary alicyclic amines) is 1. The Bertz CT molecular complexity index is 1010. The van der Waals surface area contributed by atoms with Gasteiger partial charge in [0, 0.05) is 18.7 Å². The Hall–Kier alpha value is -3.32. The highest BCUT2D eigenvalue weighted by atomic mass is 16.5. The Kier molecular flexibility index (Phi) is 8.11. The lowest BCUT2D eigenvalue weighted by molar-refractivity contribution is -0.140. The van der Waals surface area contributed by atoms with Gasteiger partial charge in [0.05, 0.1) is 25.3 Å². The van der Waals surface area contributed by atoms with Crippen molar-refractivity contribution in [2.45, 2.75) is 25.8 Å². The summed E-state index contributed by atoms with van der Waals surface area (Å²) in [6.45, 7) is 3.59. The molecule has 0 aliphatic carbocycles. The number of hydrogen-bond acceptors (Lipinski definition) is 6. The number of methoxy groups -OCH3 is 1. The Labute approximate surface area is 195 Å². The lowest BCUT2D eigenvalue weighted by atomic mass is 9.95. The Morgan fingerprint density at radius 1 is 1.09 bits per heavy atom. The van der Waals surface area contributed by atoms with E-state index in [9.17, 15) is 14.7 Å². The van der Waals surface area contributed by atoms with Crippen molar-refractivity contribution in [3.8, 4) is 11.5 Å². The molecule has 2 aromatic carbocycles. The fraction of sp³-hybridized carbons (Fsp3) is 0.385. The maximum Gasteiger partial charge on any atom is 0.295 e. The third-order valence-corrected chi connectivity index (χ3v) is 5.63. The maximum absolute atomic E-state index is 13.1. The monoisotopic (exact) mass is 452 g/mol. The van der Waals surface area contributed by atoms with Crippen molar-refractivity contribution in [3.63, 3.8) is 0 Å². The van der Waals surface area contributed by atoms with Gasteiger partial charge in [-0.15, -0.1) is 0 Å². The molecule has 1 amide bonds. The first kappa shape index (κ1) is 24.3. The van der Waals surface area contributed by atoms with Gasteiger partial charge in [0.2, 0.25) is 0 Å². The Morgan fingerprint density at radius 2 is 1.82 bits per heavy atom. The summed E-state index contributed by atoms with van der Waals surface area (Å²) in [5, 5.41) is 11.2. The van der Waals surface area contributed by atoms with Gasteiger partial charge in [0.1, 0.15) is 17.3 Å². The normalized spacial score (nSPS) is 17.6. The van der Waals surface area contributed by atoms with Gasteiger partial charge in [-0.1, -0.05) is 37.6 Å².